The van der Waals surface area contributed by atoms with Gasteiger partial charge < -0.3 is 10.5 Å². The second-order valence-electron chi connectivity index (χ2n) is 5.77. The Morgan fingerprint density at radius 2 is 2.00 bits per heavy atom. The van der Waals surface area contributed by atoms with E-state index in [1.165, 1.54) is 12.0 Å². The predicted octanol–water partition coefficient (Wildman–Crippen LogP) is 3.84. The summed E-state index contributed by atoms with van der Waals surface area (Å²) in [4.78, 5) is 2.48. The first kappa shape index (κ1) is 18.0. The van der Waals surface area contributed by atoms with E-state index < -0.39 is 0 Å². The molecule has 0 radical (unpaired) electrons. The Hall–Kier alpha value is -1.06. The van der Waals surface area contributed by atoms with Crippen LogP contribution in [0.4, 0.5) is 0 Å². The van der Waals surface area contributed by atoms with Gasteiger partial charge in [-0.15, -0.1) is 0 Å². The van der Waals surface area contributed by atoms with E-state index in [2.05, 4.69) is 50.8 Å². The van der Waals surface area contributed by atoms with Crippen molar-refractivity contribution in [2.45, 2.75) is 46.6 Å². The third kappa shape index (κ3) is 5.68. The van der Waals surface area contributed by atoms with Crippen molar-refractivity contribution in [3.05, 3.63) is 29.8 Å². The lowest BCUT2D eigenvalue weighted by molar-refractivity contribution is 0.182. The van der Waals surface area contributed by atoms with Gasteiger partial charge in [0.1, 0.15) is 5.75 Å². The van der Waals surface area contributed by atoms with Crippen LogP contribution in [0.3, 0.4) is 0 Å². The monoisotopic (exact) mass is 292 g/mol. The molecule has 2 N–H and O–H groups in total. The minimum absolute atomic E-state index is 0.272. The summed E-state index contributed by atoms with van der Waals surface area (Å²) in [5.74, 6) is 1.64. The summed E-state index contributed by atoms with van der Waals surface area (Å²) in [6, 6.07) is 8.67. The summed E-state index contributed by atoms with van der Waals surface area (Å²) in [6.07, 6.45) is 2.23. The Labute approximate surface area is 130 Å². The summed E-state index contributed by atoms with van der Waals surface area (Å²) in [5, 5.41) is 0. The third-order valence-electron chi connectivity index (χ3n) is 4.03. The first-order valence-electron chi connectivity index (χ1n) is 8.33. The van der Waals surface area contributed by atoms with Gasteiger partial charge in [0.2, 0.25) is 0 Å². The summed E-state index contributed by atoms with van der Waals surface area (Å²) in [7, 11) is 0. The van der Waals surface area contributed by atoms with Crippen molar-refractivity contribution < 1.29 is 4.74 Å². The van der Waals surface area contributed by atoms with Gasteiger partial charge in [0, 0.05) is 19.1 Å². The predicted molar refractivity (Wildman–Crippen MR) is 90.7 cm³/mol. The van der Waals surface area contributed by atoms with Gasteiger partial charge in [-0.1, -0.05) is 46.2 Å². The SMILES string of the molecule is CCCOc1cccc(C(CN)N(CC)CC(C)CC)c1. The number of nitrogens with zero attached hydrogens (tertiary/aromatic N) is 1. The second-order valence-corrected chi connectivity index (χ2v) is 5.77. The molecule has 1 aromatic rings. The molecule has 2 atom stereocenters. The van der Waals surface area contributed by atoms with Gasteiger partial charge >= 0.3 is 0 Å². The lowest BCUT2D eigenvalue weighted by atomic mass is 10.0. The molecule has 0 aliphatic heterocycles. The highest BCUT2D eigenvalue weighted by Gasteiger charge is 2.19. The fourth-order valence-electron chi connectivity index (χ4n) is 2.53. The smallest absolute Gasteiger partial charge is 0.119 e. The van der Waals surface area contributed by atoms with E-state index in [0.717, 1.165) is 31.9 Å². The van der Waals surface area contributed by atoms with Crippen molar-refractivity contribution in [3.63, 3.8) is 0 Å². The van der Waals surface area contributed by atoms with Crippen LogP contribution in [0.25, 0.3) is 0 Å². The number of hydrogen-bond donors (Lipinski definition) is 1. The molecule has 0 bridgehead atoms. The Bertz CT molecular complexity index is 395. The zero-order chi connectivity index (χ0) is 15.7. The number of likely N-dealkylation sites (N-methyl/N-ethyl adjacent to an activating group) is 1. The van der Waals surface area contributed by atoms with Crippen LogP contribution in [0.5, 0.6) is 5.75 Å². The molecule has 0 aliphatic rings. The first-order chi connectivity index (χ1) is 10.2. The molecule has 2 unspecified atom stereocenters. The molecule has 0 aliphatic carbocycles. The standard InChI is InChI=1S/C18H32N2O/c1-5-11-21-17-10-8-9-16(12-17)18(13-19)20(7-3)14-15(4)6-2/h8-10,12,15,18H,5-7,11,13-14,19H2,1-4H3. The van der Waals surface area contributed by atoms with E-state index in [-0.39, 0.29) is 6.04 Å². The van der Waals surface area contributed by atoms with Gasteiger partial charge in [0.05, 0.1) is 6.61 Å². The van der Waals surface area contributed by atoms with Crippen molar-refractivity contribution in [3.8, 4) is 5.75 Å². The minimum Gasteiger partial charge on any atom is -0.494 e. The molecule has 0 aromatic heterocycles. The molecule has 0 fully saturated rings. The Morgan fingerprint density at radius 3 is 2.57 bits per heavy atom. The summed E-state index contributed by atoms with van der Waals surface area (Å²) < 4.78 is 5.75. The van der Waals surface area contributed by atoms with Crippen LogP contribution in [0, 0.1) is 5.92 Å². The number of rotatable bonds is 10. The molecular weight excluding hydrogens is 260 g/mol. The summed E-state index contributed by atoms with van der Waals surface area (Å²) in [5.41, 5.74) is 7.33. The van der Waals surface area contributed by atoms with Crippen LogP contribution in [-0.4, -0.2) is 31.1 Å². The van der Waals surface area contributed by atoms with E-state index in [9.17, 15) is 0 Å². The lowest BCUT2D eigenvalue weighted by Gasteiger charge is -2.32. The lowest BCUT2D eigenvalue weighted by Crippen LogP contribution is -2.36. The van der Waals surface area contributed by atoms with Crippen LogP contribution < -0.4 is 10.5 Å². The number of benzene rings is 1. The molecule has 0 spiro atoms. The van der Waals surface area contributed by atoms with Crippen LogP contribution in [0.15, 0.2) is 24.3 Å². The van der Waals surface area contributed by atoms with Gasteiger partial charge in [0.25, 0.3) is 0 Å². The van der Waals surface area contributed by atoms with E-state index >= 15 is 0 Å². The van der Waals surface area contributed by atoms with Crippen LogP contribution in [0.1, 0.15) is 52.1 Å². The van der Waals surface area contributed by atoms with Gasteiger partial charge in [0.15, 0.2) is 0 Å². The van der Waals surface area contributed by atoms with E-state index in [4.69, 9.17) is 10.5 Å². The topological polar surface area (TPSA) is 38.5 Å². The summed E-state index contributed by atoms with van der Waals surface area (Å²) in [6.45, 7) is 12.4. The fourth-order valence-corrected chi connectivity index (χ4v) is 2.53. The quantitative estimate of drug-likeness (QED) is 0.712. The Balaban J connectivity index is 2.86. The average Bonchev–Trinajstić information content (AvgIpc) is 2.52. The maximum absolute atomic E-state index is 6.07. The number of nitrogens with two attached hydrogens (primary N) is 1. The molecule has 21 heavy (non-hydrogen) atoms. The van der Waals surface area contributed by atoms with Crippen molar-refractivity contribution >= 4 is 0 Å². The molecule has 3 heteroatoms. The Morgan fingerprint density at radius 1 is 1.24 bits per heavy atom. The maximum atomic E-state index is 6.07. The highest BCUT2D eigenvalue weighted by Crippen LogP contribution is 2.25. The normalized spacial score (nSPS) is 14.2. The average molecular weight is 292 g/mol. The van der Waals surface area contributed by atoms with Crippen LogP contribution in [0.2, 0.25) is 0 Å². The van der Waals surface area contributed by atoms with Crippen molar-refractivity contribution in [1.82, 2.24) is 4.90 Å². The molecule has 0 heterocycles. The van der Waals surface area contributed by atoms with Crippen molar-refractivity contribution in [2.75, 3.05) is 26.2 Å². The van der Waals surface area contributed by atoms with E-state index in [0.29, 0.717) is 12.5 Å². The molecule has 120 valence electrons. The molecule has 0 amide bonds. The van der Waals surface area contributed by atoms with Gasteiger partial charge in [-0.05, 0) is 36.6 Å². The molecular formula is C18H32N2O. The Kier molecular flexibility index (Phi) is 8.40. The zero-order valence-corrected chi connectivity index (χ0v) is 14.1. The van der Waals surface area contributed by atoms with Crippen molar-refractivity contribution in [1.29, 1.82) is 0 Å². The second kappa shape index (κ2) is 9.80. The number of hydrogen-bond acceptors (Lipinski definition) is 3. The van der Waals surface area contributed by atoms with E-state index in [1.54, 1.807) is 0 Å². The van der Waals surface area contributed by atoms with E-state index in [1.807, 2.05) is 6.07 Å². The molecule has 1 rings (SSSR count). The van der Waals surface area contributed by atoms with Gasteiger partial charge in [-0.3, -0.25) is 4.90 Å². The minimum atomic E-state index is 0.272. The van der Waals surface area contributed by atoms with Gasteiger partial charge in [-0.2, -0.15) is 0 Å². The van der Waals surface area contributed by atoms with Crippen molar-refractivity contribution in [2.24, 2.45) is 11.7 Å². The highest BCUT2D eigenvalue weighted by molar-refractivity contribution is 5.31. The first-order valence-corrected chi connectivity index (χ1v) is 8.33. The zero-order valence-electron chi connectivity index (χ0n) is 14.1. The number of ether oxygens (including phenoxy) is 1. The molecule has 0 saturated carbocycles. The highest BCUT2D eigenvalue weighted by atomic mass is 16.5. The van der Waals surface area contributed by atoms with Crippen LogP contribution in [-0.2, 0) is 0 Å². The third-order valence-corrected chi connectivity index (χ3v) is 4.03. The van der Waals surface area contributed by atoms with Crippen LogP contribution >= 0.6 is 0 Å². The fraction of sp³-hybridized carbons (Fsp3) is 0.667. The summed E-state index contributed by atoms with van der Waals surface area (Å²) >= 11 is 0. The molecule has 0 saturated heterocycles. The largest absolute Gasteiger partial charge is 0.494 e. The molecule has 3 nitrogen and oxygen atoms in total. The maximum Gasteiger partial charge on any atom is 0.119 e. The van der Waals surface area contributed by atoms with Gasteiger partial charge in [-0.25, -0.2) is 0 Å². The molecule has 1 aromatic carbocycles.